The minimum Gasteiger partial charge on any atom is -0.341 e. The van der Waals surface area contributed by atoms with E-state index in [4.69, 9.17) is 0 Å². The van der Waals surface area contributed by atoms with E-state index >= 15 is 0 Å². The second-order valence-electron chi connectivity index (χ2n) is 5.47. The van der Waals surface area contributed by atoms with E-state index in [1.54, 1.807) is 0 Å². The van der Waals surface area contributed by atoms with Gasteiger partial charge in [0.05, 0.1) is 6.04 Å². The standard InChI is InChI=1S/C16H24N2O/c1-13(15-8-4-3-5-9-15)12-17-14(2)16(19)18-10-6-7-11-18/h3-5,8-9,13-14,17H,6-7,10-12H2,1-2H3. The molecular weight excluding hydrogens is 236 g/mol. The Bertz CT molecular complexity index is 398. The SMILES string of the molecule is CC(NCC(C)c1ccccc1)C(=O)N1CCCC1. The lowest BCUT2D eigenvalue weighted by Gasteiger charge is -2.22. The fourth-order valence-electron chi connectivity index (χ4n) is 2.55. The number of carbonyl (C=O) groups is 1. The fourth-order valence-corrected chi connectivity index (χ4v) is 2.55. The van der Waals surface area contributed by atoms with Crippen molar-refractivity contribution in [1.82, 2.24) is 10.2 Å². The predicted molar refractivity (Wildman–Crippen MR) is 78.1 cm³/mol. The van der Waals surface area contributed by atoms with Gasteiger partial charge in [-0.2, -0.15) is 0 Å². The molecule has 1 aromatic rings. The highest BCUT2D eigenvalue weighted by Crippen LogP contribution is 2.14. The first kappa shape index (κ1) is 14.1. The van der Waals surface area contributed by atoms with Crippen molar-refractivity contribution >= 4 is 5.91 Å². The summed E-state index contributed by atoms with van der Waals surface area (Å²) in [6.07, 6.45) is 2.30. The molecule has 0 bridgehead atoms. The molecule has 0 aromatic heterocycles. The van der Waals surface area contributed by atoms with E-state index in [1.807, 2.05) is 17.9 Å². The van der Waals surface area contributed by atoms with Gasteiger partial charge in [-0.25, -0.2) is 0 Å². The molecular formula is C16H24N2O. The van der Waals surface area contributed by atoms with Gasteiger partial charge >= 0.3 is 0 Å². The summed E-state index contributed by atoms with van der Waals surface area (Å²) < 4.78 is 0. The number of nitrogens with one attached hydrogen (secondary N) is 1. The Morgan fingerprint density at radius 3 is 2.47 bits per heavy atom. The summed E-state index contributed by atoms with van der Waals surface area (Å²) in [5, 5.41) is 3.37. The quantitative estimate of drug-likeness (QED) is 0.881. The molecule has 1 amide bonds. The van der Waals surface area contributed by atoms with Gasteiger partial charge in [0.25, 0.3) is 0 Å². The number of likely N-dealkylation sites (tertiary alicyclic amines) is 1. The predicted octanol–water partition coefficient (Wildman–Crippen LogP) is 2.39. The molecule has 19 heavy (non-hydrogen) atoms. The highest BCUT2D eigenvalue weighted by Gasteiger charge is 2.23. The molecule has 104 valence electrons. The Labute approximate surface area is 116 Å². The van der Waals surface area contributed by atoms with Crippen molar-refractivity contribution in [2.24, 2.45) is 0 Å². The molecule has 0 aliphatic carbocycles. The lowest BCUT2D eigenvalue weighted by atomic mass is 10.0. The van der Waals surface area contributed by atoms with E-state index in [9.17, 15) is 4.79 Å². The average molecular weight is 260 g/mol. The molecule has 3 heteroatoms. The second-order valence-corrected chi connectivity index (χ2v) is 5.47. The summed E-state index contributed by atoms with van der Waals surface area (Å²) >= 11 is 0. The van der Waals surface area contributed by atoms with Crippen LogP contribution >= 0.6 is 0 Å². The number of nitrogens with zero attached hydrogens (tertiary/aromatic N) is 1. The molecule has 0 spiro atoms. The number of hydrogen-bond acceptors (Lipinski definition) is 2. The van der Waals surface area contributed by atoms with E-state index in [1.165, 1.54) is 5.56 Å². The molecule has 3 nitrogen and oxygen atoms in total. The molecule has 0 radical (unpaired) electrons. The molecule has 2 unspecified atom stereocenters. The Hall–Kier alpha value is -1.35. The molecule has 1 N–H and O–H groups in total. The zero-order valence-electron chi connectivity index (χ0n) is 11.9. The average Bonchev–Trinajstić information content (AvgIpc) is 2.98. The van der Waals surface area contributed by atoms with Crippen molar-refractivity contribution in [3.05, 3.63) is 35.9 Å². The molecule has 1 aromatic carbocycles. The second kappa shape index (κ2) is 6.71. The number of benzene rings is 1. The van der Waals surface area contributed by atoms with Crippen LogP contribution in [0, 0.1) is 0 Å². The van der Waals surface area contributed by atoms with E-state index in [2.05, 4.69) is 36.5 Å². The number of hydrogen-bond donors (Lipinski definition) is 1. The van der Waals surface area contributed by atoms with Crippen LogP contribution in [0.25, 0.3) is 0 Å². The molecule has 2 rings (SSSR count). The maximum Gasteiger partial charge on any atom is 0.239 e. The summed E-state index contributed by atoms with van der Waals surface area (Å²) in [6, 6.07) is 10.3. The van der Waals surface area contributed by atoms with Crippen LogP contribution in [0.2, 0.25) is 0 Å². The van der Waals surface area contributed by atoms with Crippen LogP contribution in [0.4, 0.5) is 0 Å². The topological polar surface area (TPSA) is 32.3 Å². The number of amides is 1. The van der Waals surface area contributed by atoms with Crippen LogP contribution < -0.4 is 5.32 Å². The summed E-state index contributed by atoms with van der Waals surface area (Å²) in [5.41, 5.74) is 1.32. The van der Waals surface area contributed by atoms with Gasteiger partial charge in [-0.1, -0.05) is 37.3 Å². The van der Waals surface area contributed by atoms with Crippen molar-refractivity contribution in [2.75, 3.05) is 19.6 Å². The van der Waals surface area contributed by atoms with Gasteiger partial charge in [0.15, 0.2) is 0 Å². The molecule has 1 fully saturated rings. The van der Waals surface area contributed by atoms with E-state index in [-0.39, 0.29) is 11.9 Å². The van der Waals surface area contributed by atoms with Crippen molar-refractivity contribution in [2.45, 2.75) is 38.6 Å². The third kappa shape index (κ3) is 3.80. The van der Waals surface area contributed by atoms with Gasteiger partial charge in [0.2, 0.25) is 5.91 Å². The van der Waals surface area contributed by atoms with E-state index < -0.39 is 0 Å². The zero-order valence-corrected chi connectivity index (χ0v) is 11.9. The van der Waals surface area contributed by atoms with E-state index in [0.717, 1.165) is 32.5 Å². The summed E-state index contributed by atoms with van der Waals surface area (Å²) in [7, 11) is 0. The molecule has 1 aliphatic heterocycles. The van der Waals surface area contributed by atoms with Gasteiger partial charge in [0.1, 0.15) is 0 Å². The van der Waals surface area contributed by atoms with Crippen LogP contribution in [0.3, 0.4) is 0 Å². The molecule has 2 atom stereocenters. The van der Waals surface area contributed by atoms with Gasteiger partial charge in [-0.3, -0.25) is 4.79 Å². The minimum atomic E-state index is -0.0794. The number of rotatable bonds is 5. The Morgan fingerprint density at radius 1 is 1.21 bits per heavy atom. The lowest BCUT2D eigenvalue weighted by molar-refractivity contribution is -0.131. The lowest BCUT2D eigenvalue weighted by Crippen LogP contribution is -2.44. The van der Waals surface area contributed by atoms with Crippen LogP contribution in [-0.4, -0.2) is 36.5 Å². The van der Waals surface area contributed by atoms with Crippen molar-refractivity contribution < 1.29 is 4.79 Å². The van der Waals surface area contributed by atoms with Crippen molar-refractivity contribution in [3.8, 4) is 0 Å². The maximum absolute atomic E-state index is 12.2. The third-order valence-electron chi connectivity index (χ3n) is 3.89. The normalized spacial score (nSPS) is 18.3. The molecule has 0 saturated carbocycles. The van der Waals surface area contributed by atoms with E-state index in [0.29, 0.717) is 5.92 Å². The summed E-state index contributed by atoms with van der Waals surface area (Å²) in [5.74, 6) is 0.674. The highest BCUT2D eigenvalue weighted by atomic mass is 16.2. The van der Waals surface area contributed by atoms with Crippen molar-refractivity contribution in [3.63, 3.8) is 0 Å². The smallest absolute Gasteiger partial charge is 0.239 e. The van der Waals surface area contributed by atoms with Gasteiger partial charge in [-0.15, -0.1) is 0 Å². The van der Waals surface area contributed by atoms with Crippen LogP contribution in [0.5, 0.6) is 0 Å². The van der Waals surface area contributed by atoms with Crippen LogP contribution in [-0.2, 0) is 4.79 Å². The molecule has 1 aliphatic rings. The molecule has 1 saturated heterocycles. The van der Waals surface area contributed by atoms with Crippen molar-refractivity contribution in [1.29, 1.82) is 0 Å². The Balaban J connectivity index is 1.79. The minimum absolute atomic E-state index is 0.0794. The summed E-state index contributed by atoms with van der Waals surface area (Å²) in [4.78, 5) is 14.1. The first-order valence-electron chi connectivity index (χ1n) is 7.25. The Morgan fingerprint density at radius 2 is 1.84 bits per heavy atom. The van der Waals surface area contributed by atoms with Gasteiger partial charge in [-0.05, 0) is 31.2 Å². The number of carbonyl (C=O) groups excluding carboxylic acids is 1. The maximum atomic E-state index is 12.2. The first-order chi connectivity index (χ1) is 9.18. The fraction of sp³-hybridized carbons (Fsp3) is 0.562. The third-order valence-corrected chi connectivity index (χ3v) is 3.89. The summed E-state index contributed by atoms with van der Waals surface area (Å²) in [6.45, 7) is 6.86. The monoisotopic (exact) mass is 260 g/mol. The largest absolute Gasteiger partial charge is 0.341 e. The first-order valence-corrected chi connectivity index (χ1v) is 7.25. The molecule has 1 heterocycles. The van der Waals surface area contributed by atoms with Crippen LogP contribution in [0.15, 0.2) is 30.3 Å². The Kier molecular flexibility index (Phi) is 4.97. The van der Waals surface area contributed by atoms with Gasteiger partial charge in [0, 0.05) is 19.6 Å². The van der Waals surface area contributed by atoms with Gasteiger partial charge < -0.3 is 10.2 Å². The van der Waals surface area contributed by atoms with Crippen LogP contribution in [0.1, 0.15) is 38.2 Å². The zero-order chi connectivity index (χ0) is 13.7. The highest BCUT2D eigenvalue weighted by molar-refractivity contribution is 5.81.